The molecule has 2 rings (SSSR count). The van der Waals surface area contributed by atoms with E-state index in [0.29, 0.717) is 12.6 Å². The van der Waals surface area contributed by atoms with E-state index in [1.807, 2.05) is 0 Å². The van der Waals surface area contributed by atoms with Crippen LogP contribution in [0.4, 0.5) is 5.69 Å². The van der Waals surface area contributed by atoms with E-state index < -0.39 is 0 Å². The molecule has 1 atom stereocenters. The molecule has 1 N–H and O–H groups in total. The number of terminal acetylenes is 1. The highest BCUT2D eigenvalue weighted by Gasteiger charge is 2.09. The van der Waals surface area contributed by atoms with Crippen molar-refractivity contribution in [3.05, 3.63) is 65.2 Å². The summed E-state index contributed by atoms with van der Waals surface area (Å²) in [5.74, 6) is 2.70. The summed E-state index contributed by atoms with van der Waals surface area (Å²) in [5.41, 5.74) is 5.09. The van der Waals surface area contributed by atoms with Gasteiger partial charge in [0.1, 0.15) is 0 Å². The molecule has 23 heavy (non-hydrogen) atoms. The second kappa shape index (κ2) is 8.41. The first kappa shape index (κ1) is 17.1. The molecular weight excluding hydrogens is 280 g/mol. The molecule has 0 amide bonds. The van der Waals surface area contributed by atoms with Crippen molar-refractivity contribution >= 4 is 5.69 Å². The fraction of sp³-hybridized carbons (Fsp3) is 0.333. The van der Waals surface area contributed by atoms with Crippen molar-refractivity contribution in [2.45, 2.75) is 32.9 Å². The number of nitrogens with one attached hydrogen (secondary N) is 1. The summed E-state index contributed by atoms with van der Waals surface area (Å²) in [6.07, 6.45) is 6.39. The molecule has 0 heterocycles. The number of nitrogens with zero attached hydrogens (tertiary/aromatic N) is 1. The van der Waals surface area contributed by atoms with Gasteiger partial charge in [-0.1, -0.05) is 47.9 Å². The SMILES string of the molecule is C#CCN(C)[C@H](C)Cc1cccc(NCc2cccc(C)c2)c1. The first-order valence-electron chi connectivity index (χ1n) is 8.10. The lowest BCUT2D eigenvalue weighted by molar-refractivity contribution is 0.287. The minimum atomic E-state index is 0.429. The maximum Gasteiger partial charge on any atom is 0.0598 e. The molecule has 2 heteroatoms. The zero-order valence-electron chi connectivity index (χ0n) is 14.3. The van der Waals surface area contributed by atoms with Gasteiger partial charge in [0.15, 0.2) is 0 Å². The molecule has 0 saturated heterocycles. The average Bonchev–Trinajstić information content (AvgIpc) is 2.53. The van der Waals surface area contributed by atoms with E-state index >= 15 is 0 Å². The fourth-order valence-corrected chi connectivity index (χ4v) is 2.63. The summed E-state index contributed by atoms with van der Waals surface area (Å²) in [6.45, 7) is 5.87. The maximum absolute atomic E-state index is 5.39. The normalized spacial score (nSPS) is 12.0. The molecule has 0 fully saturated rings. The Kier molecular flexibility index (Phi) is 6.26. The lowest BCUT2D eigenvalue weighted by Crippen LogP contribution is -2.31. The van der Waals surface area contributed by atoms with Crippen molar-refractivity contribution in [1.29, 1.82) is 0 Å². The molecule has 0 saturated carbocycles. The largest absolute Gasteiger partial charge is 0.381 e. The van der Waals surface area contributed by atoms with Gasteiger partial charge in [0.2, 0.25) is 0 Å². The second-order valence-corrected chi connectivity index (χ2v) is 6.22. The first-order chi connectivity index (χ1) is 11.1. The third-order valence-electron chi connectivity index (χ3n) is 4.13. The zero-order valence-corrected chi connectivity index (χ0v) is 14.3. The van der Waals surface area contributed by atoms with Crippen molar-refractivity contribution in [3.63, 3.8) is 0 Å². The number of aryl methyl sites for hydroxylation is 1. The van der Waals surface area contributed by atoms with Gasteiger partial charge in [0.05, 0.1) is 6.54 Å². The maximum atomic E-state index is 5.39. The third kappa shape index (κ3) is 5.47. The molecule has 0 bridgehead atoms. The van der Waals surface area contributed by atoms with E-state index in [2.05, 4.69) is 85.6 Å². The molecule has 0 aliphatic rings. The predicted molar refractivity (Wildman–Crippen MR) is 99.6 cm³/mol. The Bertz CT molecular complexity index is 670. The van der Waals surface area contributed by atoms with E-state index in [9.17, 15) is 0 Å². The summed E-state index contributed by atoms with van der Waals surface area (Å²) in [5, 5.41) is 3.51. The Morgan fingerprint density at radius 3 is 2.61 bits per heavy atom. The highest BCUT2D eigenvalue weighted by Crippen LogP contribution is 2.15. The van der Waals surface area contributed by atoms with Gasteiger partial charge in [-0.3, -0.25) is 4.90 Å². The van der Waals surface area contributed by atoms with Gasteiger partial charge >= 0.3 is 0 Å². The molecular formula is C21H26N2. The van der Waals surface area contributed by atoms with Gasteiger partial charge in [-0.2, -0.15) is 0 Å². The Balaban J connectivity index is 1.95. The molecule has 2 nitrogen and oxygen atoms in total. The van der Waals surface area contributed by atoms with Crippen LogP contribution in [-0.2, 0) is 13.0 Å². The Labute approximate surface area is 140 Å². The smallest absolute Gasteiger partial charge is 0.0598 e. The van der Waals surface area contributed by atoms with Gasteiger partial charge in [-0.15, -0.1) is 6.42 Å². The number of hydrogen-bond donors (Lipinski definition) is 1. The number of rotatable bonds is 7. The van der Waals surface area contributed by atoms with Crippen LogP contribution in [0.1, 0.15) is 23.6 Å². The van der Waals surface area contributed by atoms with Crippen LogP contribution < -0.4 is 5.32 Å². The van der Waals surface area contributed by atoms with Crippen LogP contribution in [-0.4, -0.2) is 24.5 Å². The third-order valence-corrected chi connectivity index (χ3v) is 4.13. The van der Waals surface area contributed by atoms with Crippen LogP contribution in [0.5, 0.6) is 0 Å². The van der Waals surface area contributed by atoms with Gasteiger partial charge in [0.25, 0.3) is 0 Å². The molecule has 120 valence electrons. The van der Waals surface area contributed by atoms with Crippen molar-refractivity contribution in [1.82, 2.24) is 4.90 Å². The molecule has 0 aliphatic heterocycles. The van der Waals surface area contributed by atoms with E-state index in [0.717, 1.165) is 18.7 Å². The van der Waals surface area contributed by atoms with Crippen molar-refractivity contribution in [2.24, 2.45) is 0 Å². The first-order valence-corrected chi connectivity index (χ1v) is 8.10. The Hall–Kier alpha value is -2.24. The Morgan fingerprint density at radius 2 is 1.87 bits per heavy atom. The van der Waals surface area contributed by atoms with Crippen LogP contribution >= 0.6 is 0 Å². The van der Waals surface area contributed by atoms with Crippen LogP contribution in [0, 0.1) is 19.3 Å². The van der Waals surface area contributed by atoms with Crippen LogP contribution in [0.15, 0.2) is 48.5 Å². The van der Waals surface area contributed by atoms with Crippen LogP contribution in [0.25, 0.3) is 0 Å². The molecule has 0 spiro atoms. The van der Waals surface area contributed by atoms with Gasteiger partial charge in [0, 0.05) is 18.3 Å². The number of hydrogen-bond acceptors (Lipinski definition) is 2. The summed E-state index contributed by atoms with van der Waals surface area (Å²) >= 11 is 0. The average molecular weight is 306 g/mol. The van der Waals surface area contributed by atoms with Crippen LogP contribution in [0.3, 0.4) is 0 Å². The summed E-state index contributed by atoms with van der Waals surface area (Å²) in [7, 11) is 2.07. The van der Waals surface area contributed by atoms with Gasteiger partial charge in [-0.05, 0) is 50.6 Å². The summed E-state index contributed by atoms with van der Waals surface area (Å²) < 4.78 is 0. The van der Waals surface area contributed by atoms with Gasteiger partial charge in [-0.25, -0.2) is 0 Å². The number of likely N-dealkylation sites (N-methyl/N-ethyl adjacent to an activating group) is 1. The highest BCUT2D eigenvalue weighted by molar-refractivity contribution is 5.46. The zero-order chi connectivity index (χ0) is 16.7. The molecule has 0 aromatic heterocycles. The number of benzene rings is 2. The molecule has 0 radical (unpaired) electrons. The minimum absolute atomic E-state index is 0.429. The van der Waals surface area contributed by atoms with Crippen molar-refractivity contribution in [3.8, 4) is 12.3 Å². The monoisotopic (exact) mass is 306 g/mol. The summed E-state index contributed by atoms with van der Waals surface area (Å²) in [6, 6.07) is 17.7. The molecule has 0 unspecified atom stereocenters. The topological polar surface area (TPSA) is 15.3 Å². The highest BCUT2D eigenvalue weighted by atomic mass is 15.1. The number of anilines is 1. The van der Waals surface area contributed by atoms with Crippen LogP contribution in [0.2, 0.25) is 0 Å². The van der Waals surface area contributed by atoms with E-state index in [1.54, 1.807) is 0 Å². The summed E-state index contributed by atoms with van der Waals surface area (Å²) in [4.78, 5) is 2.20. The van der Waals surface area contributed by atoms with Crippen molar-refractivity contribution in [2.75, 3.05) is 18.9 Å². The lowest BCUT2D eigenvalue weighted by Gasteiger charge is -2.22. The second-order valence-electron chi connectivity index (χ2n) is 6.22. The van der Waals surface area contributed by atoms with Gasteiger partial charge < -0.3 is 5.32 Å². The molecule has 2 aromatic rings. The minimum Gasteiger partial charge on any atom is -0.381 e. The quantitative estimate of drug-likeness (QED) is 0.775. The fourth-order valence-electron chi connectivity index (χ4n) is 2.63. The molecule has 2 aromatic carbocycles. The van der Waals surface area contributed by atoms with E-state index in [4.69, 9.17) is 6.42 Å². The standard InChI is InChI=1S/C21H26N2/c1-5-12-23(4)18(3)14-19-9-7-11-21(15-19)22-16-20-10-6-8-17(2)13-20/h1,6-11,13,15,18,22H,12,14,16H2,2-4H3/t18-/m1/s1. The Morgan fingerprint density at radius 1 is 1.13 bits per heavy atom. The van der Waals surface area contributed by atoms with E-state index in [1.165, 1.54) is 16.7 Å². The van der Waals surface area contributed by atoms with E-state index in [-0.39, 0.29) is 0 Å². The van der Waals surface area contributed by atoms with Crippen molar-refractivity contribution < 1.29 is 0 Å². The lowest BCUT2D eigenvalue weighted by atomic mass is 10.1. The predicted octanol–water partition coefficient (Wildman–Crippen LogP) is 4.10. The molecule has 0 aliphatic carbocycles.